The smallest absolute Gasteiger partial charge is 0.231 e. The summed E-state index contributed by atoms with van der Waals surface area (Å²) >= 11 is 0. The van der Waals surface area contributed by atoms with E-state index in [1.165, 1.54) is 22.1 Å². The Kier molecular flexibility index (Phi) is 6.38. The van der Waals surface area contributed by atoms with Crippen LogP contribution < -0.4 is 28.8 Å². The summed E-state index contributed by atoms with van der Waals surface area (Å²) in [6.45, 7) is 4.01. The van der Waals surface area contributed by atoms with Gasteiger partial charge in [-0.2, -0.15) is 4.57 Å². The molecular formula is C33H32N3O5+. The number of rotatable bonds is 8. The van der Waals surface area contributed by atoms with E-state index in [4.69, 9.17) is 18.9 Å². The Balaban J connectivity index is 1.04. The van der Waals surface area contributed by atoms with E-state index >= 15 is 0 Å². The molecule has 7 rings (SSSR count). The maximum absolute atomic E-state index is 12.6. The quantitative estimate of drug-likeness (QED) is 0.266. The number of nitrogens with one attached hydrogen (secondary N) is 2. The highest BCUT2D eigenvalue weighted by Crippen LogP contribution is 2.41. The monoisotopic (exact) mass is 550 g/mol. The van der Waals surface area contributed by atoms with Crippen molar-refractivity contribution in [3.63, 3.8) is 0 Å². The molecule has 0 bridgehead atoms. The van der Waals surface area contributed by atoms with Gasteiger partial charge in [-0.05, 0) is 66.3 Å². The Bertz CT molecular complexity index is 1810. The maximum atomic E-state index is 12.6. The predicted octanol–water partition coefficient (Wildman–Crippen LogP) is 5.01. The van der Waals surface area contributed by atoms with Crippen LogP contribution in [0.5, 0.6) is 23.0 Å². The van der Waals surface area contributed by atoms with Gasteiger partial charge in [-0.15, -0.1) is 0 Å². The lowest BCUT2D eigenvalue weighted by molar-refractivity contribution is -0.686. The molecule has 41 heavy (non-hydrogen) atoms. The van der Waals surface area contributed by atoms with Gasteiger partial charge in [-0.25, -0.2) is 0 Å². The summed E-state index contributed by atoms with van der Waals surface area (Å²) in [7, 11) is 1.64. The Labute approximate surface area is 237 Å². The van der Waals surface area contributed by atoms with Crippen molar-refractivity contribution >= 4 is 27.6 Å². The van der Waals surface area contributed by atoms with E-state index in [0.717, 1.165) is 58.4 Å². The first-order valence-corrected chi connectivity index (χ1v) is 14.0. The molecule has 5 aromatic rings. The molecule has 8 nitrogen and oxygen atoms in total. The van der Waals surface area contributed by atoms with Crippen LogP contribution in [0, 0.1) is 6.92 Å². The molecule has 0 saturated heterocycles. The number of H-pyrrole nitrogens is 1. The maximum Gasteiger partial charge on any atom is 0.231 e. The van der Waals surface area contributed by atoms with Crippen LogP contribution in [0.15, 0.2) is 60.9 Å². The average molecular weight is 551 g/mol. The number of carbonyl (C=O) groups excluding carboxylic acids is 1. The van der Waals surface area contributed by atoms with Gasteiger partial charge in [-0.3, -0.25) is 4.79 Å². The Morgan fingerprint density at radius 3 is 2.83 bits per heavy atom. The summed E-state index contributed by atoms with van der Waals surface area (Å²) in [5.41, 5.74) is 7.07. The number of carbonyl (C=O) groups is 1. The third-order valence-corrected chi connectivity index (χ3v) is 8.01. The highest BCUT2D eigenvalue weighted by atomic mass is 16.7. The largest absolute Gasteiger partial charge is 0.493 e. The lowest BCUT2D eigenvalue weighted by Gasteiger charge is -2.18. The van der Waals surface area contributed by atoms with Gasteiger partial charge >= 0.3 is 0 Å². The predicted molar refractivity (Wildman–Crippen MR) is 156 cm³/mol. The lowest BCUT2D eigenvalue weighted by Crippen LogP contribution is -2.40. The van der Waals surface area contributed by atoms with Crippen molar-refractivity contribution in [2.75, 3.05) is 27.1 Å². The molecule has 4 heterocycles. The number of fused-ring (bicyclic) bond motifs is 6. The van der Waals surface area contributed by atoms with Gasteiger partial charge in [0.25, 0.3) is 0 Å². The van der Waals surface area contributed by atoms with E-state index in [2.05, 4.69) is 64.4 Å². The van der Waals surface area contributed by atoms with Gasteiger partial charge in [0.15, 0.2) is 35.7 Å². The van der Waals surface area contributed by atoms with Crippen molar-refractivity contribution in [3.8, 4) is 34.3 Å². The van der Waals surface area contributed by atoms with Crippen LogP contribution in [0.2, 0.25) is 0 Å². The van der Waals surface area contributed by atoms with E-state index < -0.39 is 0 Å². The number of hydrogen-bond donors (Lipinski definition) is 2. The molecule has 1 amide bonds. The Morgan fingerprint density at radius 2 is 1.95 bits per heavy atom. The van der Waals surface area contributed by atoms with Gasteiger partial charge in [0.05, 0.1) is 31.1 Å². The number of aromatic amines is 1. The summed E-state index contributed by atoms with van der Waals surface area (Å²) in [6.07, 6.45) is 6.06. The van der Waals surface area contributed by atoms with Crippen molar-refractivity contribution in [1.29, 1.82) is 0 Å². The molecule has 2 N–H and O–H groups in total. The summed E-state index contributed by atoms with van der Waals surface area (Å²) in [5.74, 6) is 2.86. The van der Waals surface area contributed by atoms with Gasteiger partial charge in [0, 0.05) is 36.1 Å². The fraction of sp³-hybridized carbons (Fsp3) is 0.273. The van der Waals surface area contributed by atoms with Crippen LogP contribution in [0.1, 0.15) is 23.1 Å². The van der Waals surface area contributed by atoms with E-state index in [9.17, 15) is 4.79 Å². The third-order valence-electron chi connectivity index (χ3n) is 8.01. The standard InChI is InChI=1S/C33H31N3O5/c1-20-3-5-27-24(13-20)23(17-35-27)7-10-34-32(37)9-12-39-33-26-18-36-11-8-22-15-30-31(41-19-40-30)16-25(22)28(36)14-21(26)4-6-29(33)38-2/h3-6,13-18,35H,7-12,19H2,1-2H3/p+1. The molecule has 2 aliphatic rings. The molecule has 2 aliphatic heterocycles. The zero-order valence-corrected chi connectivity index (χ0v) is 23.2. The first-order chi connectivity index (χ1) is 20.1. The number of nitrogens with zero attached hydrogens (tertiary/aromatic N) is 1. The van der Waals surface area contributed by atoms with E-state index in [0.29, 0.717) is 18.0 Å². The number of ether oxygens (including phenoxy) is 4. The van der Waals surface area contributed by atoms with E-state index in [1.54, 1.807) is 7.11 Å². The molecule has 0 atom stereocenters. The third kappa shape index (κ3) is 4.69. The second-order valence-corrected chi connectivity index (χ2v) is 10.6. The zero-order chi connectivity index (χ0) is 27.9. The number of methoxy groups -OCH3 is 1. The van der Waals surface area contributed by atoms with Crippen molar-refractivity contribution < 1.29 is 28.3 Å². The molecule has 2 aromatic heterocycles. The number of benzene rings is 3. The molecule has 0 aliphatic carbocycles. The lowest BCUT2D eigenvalue weighted by atomic mass is 9.95. The number of hydrogen-bond acceptors (Lipinski definition) is 5. The van der Waals surface area contributed by atoms with Crippen LogP contribution in [-0.2, 0) is 24.2 Å². The van der Waals surface area contributed by atoms with Gasteiger partial charge in [-0.1, -0.05) is 11.6 Å². The van der Waals surface area contributed by atoms with E-state index in [1.807, 2.05) is 18.3 Å². The number of aromatic nitrogens is 2. The fourth-order valence-electron chi connectivity index (χ4n) is 5.88. The molecule has 0 saturated carbocycles. The highest BCUT2D eigenvalue weighted by Gasteiger charge is 2.28. The van der Waals surface area contributed by atoms with Gasteiger partial charge in [0.2, 0.25) is 18.4 Å². The molecule has 0 radical (unpaired) electrons. The van der Waals surface area contributed by atoms with Crippen molar-refractivity contribution in [2.45, 2.75) is 32.7 Å². The van der Waals surface area contributed by atoms with Crippen LogP contribution in [0.25, 0.3) is 32.9 Å². The molecule has 0 fully saturated rings. The van der Waals surface area contributed by atoms with Crippen LogP contribution in [0.4, 0.5) is 0 Å². The molecule has 0 unspecified atom stereocenters. The SMILES string of the molecule is COc1ccc2cc3[n+](cc2c1OCCC(=O)NCCc1c[nH]c2ccc(C)cc12)CCc1cc2c(cc1-3)OCO2. The molecule has 0 spiro atoms. The van der Waals surface area contributed by atoms with Crippen molar-refractivity contribution in [2.24, 2.45) is 0 Å². The fourth-order valence-corrected chi connectivity index (χ4v) is 5.88. The Morgan fingerprint density at radius 1 is 1.07 bits per heavy atom. The van der Waals surface area contributed by atoms with Gasteiger partial charge in [0.1, 0.15) is 0 Å². The van der Waals surface area contributed by atoms with Crippen molar-refractivity contribution in [3.05, 3.63) is 77.6 Å². The zero-order valence-electron chi connectivity index (χ0n) is 23.2. The van der Waals surface area contributed by atoms with Gasteiger partial charge < -0.3 is 29.2 Å². The molecule has 3 aromatic carbocycles. The average Bonchev–Trinajstić information content (AvgIpc) is 3.61. The second-order valence-electron chi connectivity index (χ2n) is 10.6. The highest BCUT2D eigenvalue weighted by molar-refractivity contribution is 5.92. The minimum Gasteiger partial charge on any atom is -0.493 e. The normalized spacial score (nSPS) is 13.2. The first kappa shape index (κ1) is 25.3. The number of aryl methyl sites for hydroxylation is 3. The second kappa shape index (κ2) is 10.4. The molecule has 8 heteroatoms. The number of pyridine rings is 1. The first-order valence-electron chi connectivity index (χ1n) is 14.0. The minimum absolute atomic E-state index is 0.0395. The van der Waals surface area contributed by atoms with Crippen LogP contribution >= 0.6 is 0 Å². The summed E-state index contributed by atoms with van der Waals surface area (Å²) < 4.78 is 25.3. The molecular weight excluding hydrogens is 518 g/mol. The summed E-state index contributed by atoms with van der Waals surface area (Å²) in [4.78, 5) is 15.9. The molecule has 208 valence electrons. The van der Waals surface area contributed by atoms with Crippen molar-refractivity contribution in [1.82, 2.24) is 10.3 Å². The minimum atomic E-state index is -0.0395. The van der Waals surface area contributed by atoms with Crippen LogP contribution in [-0.4, -0.2) is 37.9 Å². The summed E-state index contributed by atoms with van der Waals surface area (Å²) in [5, 5.41) is 6.23. The summed E-state index contributed by atoms with van der Waals surface area (Å²) in [6, 6.07) is 16.7. The number of amides is 1. The topological polar surface area (TPSA) is 85.7 Å². The Hall–Kier alpha value is -4.72. The van der Waals surface area contributed by atoms with E-state index in [-0.39, 0.29) is 25.7 Å². The van der Waals surface area contributed by atoms with Crippen LogP contribution in [0.3, 0.4) is 0 Å².